The van der Waals surface area contributed by atoms with E-state index in [9.17, 15) is 0 Å². The van der Waals surface area contributed by atoms with E-state index in [0.717, 1.165) is 31.5 Å². The van der Waals surface area contributed by atoms with Gasteiger partial charge in [-0.1, -0.05) is 0 Å². The van der Waals surface area contributed by atoms with Gasteiger partial charge in [-0.15, -0.1) is 16.3 Å². The lowest BCUT2D eigenvalue weighted by Gasteiger charge is -2.06. The summed E-state index contributed by atoms with van der Waals surface area (Å²) in [7, 11) is 1.71. The minimum Gasteiger partial charge on any atom is -0.370 e. The highest BCUT2D eigenvalue weighted by molar-refractivity contribution is 7.13. The molecule has 20 heavy (non-hydrogen) atoms. The lowest BCUT2D eigenvalue weighted by atomic mass is 10.2. The fourth-order valence-electron chi connectivity index (χ4n) is 1.47. The molecule has 0 unspecified atom stereocenters. The normalized spacial score (nSPS) is 10.7. The van der Waals surface area contributed by atoms with Crippen molar-refractivity contribution in [2.45, 2.75) is 19.3 Å². The molecule has 0 atom stereocenters. The van der Waals surface area contributed by atoms with Crippen LogP contribution in [0.15, 0.2) is 10.4 Å². The largest absolute Gasteiger partial charge is 0.370 e. The predicted molar refractivity (Wildman–Crippen MR) is 80.7 cm³/mol. The zero-order valence-corrected chi connectivity index (χ0v) is 12.0. The number of aryl methyl sites for hydroxylation is 1. The Hall–Kier alpha value is -2.34. The van der Waals surface area contributed by atoms with Crippen molar-refractivity contribution >= 4 is 28.4 Å². The van der Waals surface area contributed by atoms with Crippen molar-refractivity contribution in [3.05, 3.63) is 11.1 Å². The Kier molecular flexibility index (Phi) is 6.84. The highest BCUT2D eigenvalue weighted by Crippen LogP contribution is 2.16. The van der Waals surface area contributed by atoms with Crippen LogP contribution in [0.4, 0.5) is 5.13 Å². The second-order valence-corrected chi connectivity index (χ2v) is 4.74. The van der Waals surface area contributed by atoms with Gasteiger partial charge >= 0.3 is 0 Å². The van der Waals surface area contributed by atoms with E-state index in [0.29, 0.717) is 11.1 Å². The van der Waals surface area contributed by atoms with Gasteiger partial charge in [0.25, 0.3) is 0 Å². The molecule has 0 fully saturated rings. The van der Waals surface area contributed by atoms with Crippen LogP contribution >= 0.6 is 11.3 Å². The number of unbranched alkanes of at least 4 members (excludes halogenated alkanes) is 1. The molecule has 1 rings (SSSR count). The predicted octanol–water partition coefficient (Wildman–Crippen LogP) is 0.417. The van der Waals surface area contributed by atoms with Crippen LogP contribution in [0.25, 0.3) is 0 Å². The van der Waals surface area contributed by atoms with Crippen LogP contribution in [0.5, 0.6) is 0 Å². The van der Waals surface area contributed by atoms with E-state index < -0.39 is 0 Å². The number of nitrogens with two attached hydrogens (primary N) is 1. The van der Waals surface area contributed by atoms with Crippen LogP contribution in [-0.2, 0) is 6.42 Å². The summed E-state index contributed by atoms with van der Waals surface area (Å²) in [4.78, 5) is 7.89. The Morgan fingerprint density at radius 2 is 2.40 bits per heavy atom. The van der Waals surface area contributed by atoms with Crippen LogP contribution in [0.2, 0.25) is 0 Å². The number of rotatable bonds is 6. The molecule has 1 aromatic rings. The van der Waals surface area contributed by atoms with E-state index in [-0.39, 0.29) is 5.96 Å². The van der Waals surface area contributed by atoms with Crippen molar-refractivity contribution in [3.63, 3.8) is 0 Å². The Morgan fingerprint density at radius 3 is 3.05 bits per heavy atom. The Bertz CT molecular complexity index is 501. The van der Waals surface area contributed by atoms with Gasteiger partial charge in [0.15, 0.2) is 11.1 Å². The second-order valence-electron chi connectivity index (χ2n) is 3.88. The number of hydrogen-bond acceptors (Lipinski definition) is 5. The maximum absolute atomic E-state index is 8.43. The second kappa shape index (κ2) is 8.71. The zero-order valence-electron chi connectivity index (χ0n) is 11.2. The van der Waals surface area contributed by atoms with Gasteiger partial charge in [0.1, 0.15) is 0 Å². The zero-order chi connectivity index (χ0) is 14.8. The molecule has 0 bridgehead atoms. The molecule has 0 aliphatic carbocycles. The molecule has 0 amide bonds. The van der Waals surface area contributed by atoms with Crippen molar-refractivity contribution in [3.8, 4) is 6.19 Å². The minimum atomic E-state index is -0.105. The third kappa shape index (κ3) is 6.01. The molecule has 9 heteroatoms. The fourth-order valence-corrected chi connectivity index (χ4v) is 2.22. The van der Waals surface area contributed by atoms with E-state index in [2.05, 4.69) is 25.9 Å². The third-order valence-corrected chi connectivity index (χ3v) is 3.15. The molecular weight excluding hydrogens is 276 g/mol. The van der Waals surface area contributed by atoms with Crippen molar-refractivity contribution < 1.29 is 0 Å². The van der Waals surface area contributed by atoms with Gasteiger partial charge in [-0.25, -0.2) is 4.98 Å². The summed E-state index contributed by atoms with van der Waals surface area (Å²) in [6.45, 7) is 0.740. The van der Waals surface area contributed by atoms with E-state index in [1.54, 1.807) is 13.2 Å². The SMILES string of the molecule is CN/C(=N/C#N)NCCCCc1csc(NC(=N)N)n1. The maximum atomic E-state index is 8.43. The van der Waals surface area contributed by atoms with Crippen LogP contribution < -0.4 is 21.7 Å². The topological polar surface area (TPSA) is 135 Å². The van der Waals surface area contributed by atoms with Crippen LogP contribution in [0.1, 0.15) is 18.5 Å². The number of guanidine groups is 2. The molecule has 8 nitrogen and oxygen atoms in total. The molecule has 1 aromatic heterocycles. The lowest BCUT2D eigenvalue weighted by molar-refractivity contribution is 0.696. The Labute approximate surface area is 121 Å². The molecule has 0 saturated heterocycles. The summed E-state index contributed by atoms with van der Waals surface area (Å²) >= 11 is 1.43. The summed E-state index contributed by atoms with van der Waals surface area (Å²) in [6, 6.07) is 0. The first-order valence-electron chi connectivity index (χ1n) is 6.09. The number of anilines is 1. The standard InChI is InChI=1S/C11H18N8S/c1-15-10(17-7-12)16-5-3-2-4-8-6-20-11(18-8)19-9(13)14/h6H,2-5H2,1H3,(H2,15,16,17)(H4,13,14,18,19). The van der Waals surface area contributed by atoms with Gasteiger partial charge in [-0.3, -0.25) is 5.41 Å². The molecule has 108 valence electrons. The number of aromatic nitrogens is 1. The number of thiazole rings is 1. The lowest BCUT2D eigenvalue weighted by Crippen LogP contribution is -2.35. The smallest absolute Gasteiger partial charge is 0.209 e. The Balaban J connectivity index is 2.21. The molecule has 6 N–H and O–H groups in total. The molecule has 0 radical (unpaired) electrons. The van der Waals surface area contributed by atoms with E-state index in [1.807, 2.05) is 5.38 Å². The van der Waals surface area contributed by atoms with Gasteiger partial charge in [-0.05, 0) is 19.3 Å². The average Bonchev–Trinajstić information content (AvgIpc) is 2.83. The van der Waals surface area contributed by atoms with Crippen molar-refractivity contribution in [2.24, 2.45) is 10.7 Å². The third-order valence-electron chi connectivity index (χ3n) is 2.34. The summed E-state index contributed by atoms with van der Waals surface area (Å²) in [5.74, 6) is 0.376. The molecule has 0 spiro atoms. The first-order valence-corrected chi connectivity index (χ1v) is 6.97. The summed E-state index contributed by atoms with van der Waals surface area (Å²) in [5.41, 5.74) is 6.21. The first-order chi connectivity index (χ1) is 9.65. The number of nitrogens with one attached hydrogen (secondary N) is 4. The summed E-state index contributed by atoms with van der Waals surface area (Å²) in [5, 5.41) is 26.6. The van der Waals surface area contributed by atoms with Crippen LogP contribution in [0, 0.1) is 16.9 Å². The molecule has 1 heterocycles. The molecule has 0 aliphatic heterocycles. The summed E-state index contributed by atoms with van der Waals surface area (Å²) in [6.07, 6.45) is 4.50. The van der Waals surface area contributed by atoms with Crippen LogP contribution in [0.3, 0.4) is 0 Å². The number of hydrogen-bond donors (Lipinski definition) is 5. The van der Waals surface area contributed by atoms with E-state index >= 15 is 0 Å². The van der Waals surface area contributed by atoms with Gasteiger partial charge in [0.2, 0.25) is 12.2 Å². The highest BCUT2D eigenvalue weighted by Gasteiger charge is 2.02. The Morgan fingerprint density at radius 1 is 1.60 bits per heavy atom. The monoisotopic (exact) mass is 294 g/mol. The van der Waals surface area contributed by atoms with Crippen molar-refractivity contribution in [1.29, 1.82) is 10.7 Å². The van der Waals surface area contributed by atoms with Gasteiger partial charge in [0, 0.05) is 19.0 Å². The quantitative estimate of drug-likeness (QED) is 0.223. The van der Waals surface area contributed by atoms with Crippen molar-refractivity contribution in [2.75, 3.05) is 18.9 Å². The van der Waals surface area contributed by atoms with E-state index in [4.69, 9.17) is 16.4 Å². The highest BCUT2D eigenvalue weighted by atomic mass is 32.1. The maximum Gasteiger partial charge on any atom is 0.209 e. The van der Waals surface area contributed by atoms with Gasteiger partial charge in [0.05, 0.1) is 5.69 Å². The molecule has 0 aliphatic rings. The van der Waals surface area contributed by atoms with Gasteiger partial charge in [-0.2, -0.15) is 5.26 Å². The fraction of sp³-hybridized carbons (Fsp3) is 0.455. The van der Waals surface area contributed by atoms with Gasteiger partial charge < -0.3 is 21.7 Å². The first kappa shape index (κ1) is 15.7. The number of aliphatic imine (C=N–C) groups is 1. The number of nitrogens with zero attached hydrogens (tertiary/aromatic N) is 3. The minimum absolute atomic E-state index is 0.105. The molecular formula is C11H18N8S. The molecule has 0 aromatic carbocycles. The number of nitriles is 1. The summed E-state index contributed by atoms with van der Waals surface area (Å²) < 4.78 is 0. The van der Waals surface area contributed by atoms with Crippen LogP contribution in [-0.4, -0.2) is 30.5 Å². The molecule has 0 saturated carbocycles. The van der Waals surface area contributed by atoms with Crippen molar-refractivity contribution in [1.82, 2.24) is 15.6 Å². The average molecular weight is 294 g/mol. The van der Waals surface area contributed by atoms with E-state index in [1.165, 1.54) is 11.3 Å².